The molecule has 0 spiro atoms. The van der Waals surface area contributed by atoms with Gasteiger partial charge in [0.15, 0.2) is 0 Å². The largest absolute Gasteiger partial charge is 0.348 e. The molecule has 1 amide bonds. The van der Waals surface area contributed by atoms with Crippen LogP contribution in [0.25, 0.3) is 5.57 Å². The van der Waals surface area contributed by atoms with Crippen molar-refractivity contribution in [3.05, 3.63) is 68.4 Å². The van der Waals surface area contributed by atoms with E-state index in [1.165, 1.54) is 6.42 Å². The third-order valence-corrected chi connectivity index (χ3v) is 4.87. The average Bonchev–Trinajstić information content (AvgIpc) is 2.67. The number of H-pyrrole nitrogens is 1. The van der Waals surface area contributed by atoms with Crippen molar-refractivity contribution in [2.45, 2.75) is 46.1 Å². The molecule has 0 aromatic carbocycles. The van der Waals surface area contributed by atoms with E-state index in [1.807, 2.05) is 19.9 Å². The molecule has 0 aliphatic heterocycles. The van der Waals surface area contributed by atoms with Gasteiger partial charge in [-0.1, -0.05) is 6.08 Å². The summed E-state index contributed by atoms with van der Waals surface area (Å²) >= 11 is 0. The Kier molecular flexibility index (Phi) is 5.64. The monoisotopic (exact) mass is 364 g/mol. The first-order chi connectivity index (χ1) is 13.0. The van der Waals surface area contributed by atoms with Crippen LogP contribution in [-0.4, -0.2) is 22.1 Å². The van der Waals surface area contributed by atoms with E-state index >= 15 is 0 Å². The number of nitrogens with one attached hydrogen (secondary N) is 3. The number of pyridine rings is 2. The summed E-state index contributed by atoms with van der Waals surface area (Å²) in [6.45, 7) is 3.82. The number of amides is 1. The van der Waals surface area contributed by atoms with Gasteiger partial charge in [-0.05, 0) is 62.8 Å². The number of rotatable bonds is 5. The quantitative estimate of drug-likeness (QED) is 0.710. The fourth-order valence-corrected chi connectivity index (χ4v) is 3.39. The summed E-state index contributed by atoms with van der Waals surface area (Å²) in [6.07, 6.45) is 9.15. The summed E-state index contributed by atoms with van der Waals surface area (Å²) in [5.74, 6) is -0.312. The van der Waals surface area contributed by atoms with Crippen molar-refractivity contribution < 1.29 is 4.79 Å². The lowest BCUT2D eigenvalue weighted by atomic mass is 9.95. The Labute approximate surface area is 158 Å². The molecule has 0 unspecified atom stereocenters. The standard InChI is InChI=1S/C21H24N4O2/c1-13-8-14(2)25-21(27)18(13)12-24-20(26)17-9-19(23-11-16(17)10-22)15-6-4-3-5-7-15/h6,8-11,22H,3-5,7,12H2,1-2H3,(H,24,26)(H,25,27). The SMILES string of the molecule is Cc1cc(C)c(CNC(=O)c2cc(C3=CCCCC3)ncc2C=N)c(=O)[nH]1. The third kappa shape index (κ3) is 4.22. The highest BCUT2D eigenvalue weighted by Crippen LogP contribution is 2.26. The van der Waals surface area contributed by atoms with Crippen LogP contribution >= 0.6 is 0 Å². The van der Waals surface area contributed by atoms with E-state index in [0.717, 1.165) is 48.0 Å². The van der Waals surface area contributed by atoms with Crippen molar-refractivity contribution in [3.8, 4) is 0 Å². The van der Waals surface area contributed by atoms with Gasteiger partial charge < -0.3 is 15.7 Å². The summed E-state index contributed by atoms with van der Waals surface area (Å²) in [5, 5.41) is 10.4. The van der Waals surface area contributed by atoms with Crippen LogP contribution < -0.4 is 10.9 Å². The highest BCUT2D eigenvalue weighted by atomic mass is 16.1. The van der Waals surface area contributed by atoms with Gasteiger partial charge in [-0.15, -0.1) is 0 Å². The van der Waals surface area contributed by atoms with Crippen LogP contribution in [0.15, 0.2) is 29.2 Å². The molecule has 3 rings (SSSR count). The molecule has 3 N–H and O–H groups in total. The van der Waals surface area contributed by atoms with Crippen molar-refractivity contribution >= 4 is 17.7 Å². The average molecular weight is 364 g/mol. The minimum Gasteiger partial charge on any atom is -0.348 e. The Morgan fingerprint density at radius 1 is 1.33 bits per heavy atom. The van der Waals surface area contributed by atoms with Crippen LogP contribution in [0.4, 0.5) is 0 Å². The maximum atomic E-state index is 12.7. The molecule has 2 aromatic heterocycles. The lowest BCUT2D eigenvalue weighted by Crippen LogP contribution is -2.28. The van der Waals surface area contributed by atoms with Gasteiger partial charge in [-0.2, -0.15) is 0 Å². The molecule has 1 aliphatic rings. The van der Waals surface area contributed by atoms with Crippen LogP contribution in [0.5, 0.6) is 0 Å². The number of aromatic nitrogens is 2. The summed E-state index contributed by atoms with van der Waals surface area (Å²) < 4.78 is 0. The van der Waals surface area contributed by atoms with Gasteiger partial charge in [-0.3, -0.25) is 14.6 Å². The van der Waals surface area contributed by atoms with Crippen LogP contribution in [0.3, 0.4) is 0 Å². The normalized spacial score (nSPS) is 13.8. The zero-order chi connectivity index (χ0) is 19.4. The fraction of sp³-hybridized carbons (Fsp3) is 0.333. The number of hydrogen-bond acceptors (Lipinski definition) is 4. The van der Waals surface area contributed by atoms with Crippen molar-refractivity contribution in [1.29, 1.82) is 5.41 Å². The van der Waals surface area contributed by atoms with E-state index < -0.39 is 0 Å². The minimum absolute atomic E-state index is 0.137. The van der Waals surface area contributed by atoms with Crippen molar-refractivity contribution in [2.24, 2.45) is 0 Å². The number of allylic oxidation sites excluding steroid dienone is 2. The number of aromatic amines is 1. The first kappa shape index (κ1) is 18.8. The highest BCUT2D eigenvalue weighted by molar-refractivity contribution is 6.02. The summed E-state index contributed by atoms with van der Waals surface area (Å²) in [5.41, 5.74) is 4.78. The second kappa shape index (κ2) is 8.12. The molecule has 0 bridgehead atoms. The molecule has 0 atom stereocenters. The lowest BCUT2D eigenvalue weighted by molar-refractivity contribution is 0.0950. The number of hydrogen-bond donors (Lipinski definition) is 3. The van der Waals surface area contributed by atoms with Crippen LogP contribution in [-0.2, 0) is 6.54 Å². The minimum atomic E-state index is -0.312. The lowest BCUT2D eigenvalue weighted by Gasteiger charge is -2.14. The van der Waals surface area contributed by atoms with E-state index in [2.05, 4.69) is 21.4 Å². The van der Waals surface area contributed by atoms with Gasteiger partial charge in [0, 0.05) is 35.8 Å². The molecule has 6 nitrogen and oxygen atoms in total. The molecule has 140 valence electrons. The van der Waals surface area contributed by atoms with Crippen molar-refractivity contribution in [3.63, 3.8) is 0 Å². The Morgan fingerprint density at radius 3 is 2.81 bits per heavy atom. The zero-order valence-corrected chi connectivity index (χ0v) is 15.7. The second-order valence-electron chi connectivity index (χ2n) is 6.90. The molecule has 0 saturated carbocycles. The third-order valence-electron chi connectivity index (χ3n) is 4.87. The maximum Gasteiger partial charge on any atom is 0.253 e. The predicted molar refractivity (Wildman–Crippen MR) is 106 cm³/mol. The Hall–Kier alpha value is -3.02. The van der Waals surface area contributed by atoms with Gasteiger partial charge in [-0.25, -0.2) is 0 Å². The number of nitrogens with zero attached hydrogens (tertiary/aromatic N) is 1. The van der Waals surface area contributed by atoms with Crippen molar-refractivity contribution in [1.82, 2.24) is 15.3 Å². The van der Waals surface area contributed by atoms with Crippen LogP contribution in [0.2, 0.25) is 0 Å². The molecule has 1 aliphatic carbocycles. The van der Waals surface area contributed by atoms with Crippen LogP contribution in [0, 0.1) is 19.3 Å². The summed E-state index contributed by atoms with van der Waals surface area (Å²) in [4.78, 5) is 32.1. The maximum absolute atomic E-state index is 12.7. The topological polar surface area (TPSA) is 98.7 Å². The Morgan fingerprint density at radius 2 is 2.15 bits per heavy atom. The predicted octanol–water partition coefficient (Wildman–Crippen LogP) is 3.27. The second-order valence-corrected chi connectivity index (χ2v) is 6.90. The van der Waals surface area contributed by atoms with Gasteiger partial charge in [0.25, 0.3) is 11.5 Å². The molecule has 27 heavy (non-hydrogen) atoms. The molecule has 0 saturated heterocycles. The highest BCUT2D eigenvalue weighted by Gasteiger charge is 2.16. The summed E-state index contributed by atoms with van der Waals surface area (Å²) in [7, 11) is 0. The van der Waals surface area contributed by atoms with Gasteiger partial charge >= 0.3 is 0 Å². The molecule has 2 aromatic rings. The van der Waals surface area contributed by atoms with E-state index in [9.17, 15) is 9.59 Å². The van der Waals surface area contributed by atoms with Gasteiger partial charge in [0.1, 0.15) is 0 Å². The summed E-state index contributed by atoms with van der Waals surface area (Å²) in [6, 6.07) is 3.63. The van der Waals surface area contributed by atoms with E-state index in [4.69, 9.17) is 5.41 Å². The number of aryl methyl sites for hydroxylation is 2. The Bertz CT molecular complexity index is 973. The van der Waals surface area contributed by atoms with E-state index in [-0.39, 0.29) is 18.0 Å². The molecule has 6 heteroatoms. The van der Waals surface area contributed by atoms with Crippen LogP contribution in [0.1, 0.15) is 64.1 Å². The zero-order valence-electron chi connectivity index (χ0n) is 15.7. The molecule has 2 heterocycles. The van der Waals surface area contributed by atoms with Gasteiger partial charge in [0.2, 0.25) is 0 Å². The first-order valence-corrected chi connectivity index (χ1v) is 9.17. The fourth-order valence-electron chi connectivity index (χ4n) is 3.39. The molecule has 0 fully saturated rings. The Balaban J connectivity index is 1.84. The molecular formula is C21H24N4O2. The first-order valence-electron chi connectivity index (χ1n) is 9.17. The van der Waals surface area contributed by atoms with E-state index in [1.54, 1.807) is 12.3 Å². The van der Waals surface area contributed by atoms with Gasteiger partial charge in [0.05, 0.1) is 11.3 Å². The molecular weight excluding hydrogens is 340 g/mol. The number of carbonyl (C=O) groups is 1. The van der Waals surface area contributed by atoms with Crippen molar-refractivity contribution in [2.75, 3.05) is 0 Å². The smallest absolute Gasteiger partial charge is 0.253 e. The van der Waals surface area contributed by atoms with E-state index in [0.29, 0.717) is 16.7 Å². The number of carbonyl (C=O) groups excluding carboxylic acids is 1. The molecule has 0 radical (unpaired) electrons.